The van der Waals surface area contributed by atoms with Gasteiger partial charge >= 0.3 is 0 Å². The molecule has 0 radical (unpaired) electrons. The fourth-order valence-corrected chi connectivity index (χ4v) is 10.0. The molecule has 0 spiro atoms. The molecule has 0 aliphatic heterocycles. The molecule has 0 aromatic heterocycles. The summed E-state index contributed by atoms with van der Waals surface area (Å²) >= 11 is 0. The first-order valence-electron chi connectivity index (χ1n) is 14.3. The van der Waals surface area contributed by atoms with Crippen LogP contribution in [0, 0.1) is 53.3 Å². The first kappa shape index (κ1) is 20.9. The Morgan fingerprint density at radius 3 is 1.38 bits per heavy atom. The Morgan fingerprint density at radius 1 is 0.345 bits per heavy atom. The number of hydrogen-bond donors (Lipinski definition) is 0. The molecule has 5 aliphatic carbocycles. The van der Waals surface area contributed by atoms with Crippen LogP contribution >= 0.6 is 0 Å². The van der Waals surface area contributed by atoms with Gasteiger partial charge in [0.2, 0.25) is 0 Å². The summed E-state index contributed by atoms with van der Waals surface area (Å²) in [6.45, 7) is 2.77. The van der Waals surface area contributed by atoms with Crippen molar-refractivity contribution in [2.75, 3.05) is 0 Å². The number of rotatable bonds is 2. The Hall–Kier alpha value is 0. The second kappa shape index (κ2) is 9.65. The van der Waals surface area contributed by atoms with Crippen LogP contribution in [0.15, 0.2) is 0 Å². The summed E-state index contributed by atoms with van der Waals surface area (Å²) in [7, 11) is 0. The molecule has 0 amide bonds. The molecule has 0 heteroatoms. The van der Waals surface area contributed by atoms with Crippen molar-refractivity contribution >= 4 is 0 Å². The molecule has 0 aromatic rings. The minimum Gasteiger partial charge on any atom is -0.0619 e. The fraction of sp³-hybridized carbons (Fsp3) is 1.00. The van der Waals surface area contributed by atoms with Gasteiger partial charge < -0.3 is 0 Å². The van der Waals surface area contributed by atoms with Crippen LogP contribution in [0.1, 0.15) is 129 Å². The fourth-order valence-electron chi connectivity index (χ4n) is 10.0. The van der Waals surface area contributed by atoms with E-state index in [1.54, 1.807) is 109 Å². The highest BCUT2D eigenvalue weighted by molar-refractivity contribution is 4.99. The Balaban J connectivity index is 1.39. The van der Waals surface area contributed by atoms with Crippen LogP contribution in [-0.2, 0) is 0 Å². The second-order valence-electron chi connectivity index (χ2n) is 12.4. The topological polar surface area (TPSA) is 0 Å². The minimum atomic E-state index is 1.04. The molecule has 0 aromatic carbocycles. The summed E-state index contributed by atoms with van der Waals surface area (Å²) in [5.74, 6) is 9.88. The highest BCUT2D eigenvalue weighted by Crippen LogP contribution is 2.58. The van der Waals surface area contributed by atoms with Gasteiger partial charge in [-0.1, -0.05) is 90.4 Å². The van der Waals surface area contributed by atoms with Crippen LogP contribution in [0.3, 0.4) is 0 Å². The lowest BCUT2D eigenvalue weighted by atomic mass is 9.50. The molecular formula is C29H50. The average Bonchev–Trinajstić information content (AvgIpc) is 2.78. The van der Waals surface area contributed by atoms with Crippen molar-refractivity contribution in [3.8, 4) is 0 Å². The number of fused-ring (bicyclic) bond motifs is 1. The lowest BCUT2D eigenvalue weighted by Gasteiger charge is -2.56. The first-order valence-corrected chi connectivity index (χ1v) is 14.3. The van der Waals surface area contributed by atoms with E-state index in [9.17, 15) is 0 Å². The highest BCUT2D eigenvalue weighted by Gasteiger charge is 2.49. The first-order chi connectivity index (χ1) is 14.3. The Kier molecular flexibility index (Phi) is 6.94. The molecular weight excluding hydrogens is 348 g/mol. The minimum absolute atomic E-state index is 1.04. The molecule has 0 heterocycles. The molecule has 0 N–H and O–H groups in total. The van der Waals surface area contributed by atoms with E-state index in [1.807, 2.05) is 0 Å². The molecule has 5 saturated carbocycles. The van der Waals surface area contributed by atoms with Gasteiger partial charge in [-0.25, -0.2) is 0 Å². The van der Waals surface area contributed by atoms with Gasteiger partial charge in [0, 0.05) is 0 Å². The normalized spacial score (nSPS) is 45.6. The van der Waals surface area contributed by atoms with E-state index in [0.717, 1.165) is 53.3 Å². The third-order valence-electron chi connectivity index (χ3n) is 11.2. The van der Waals surface area contributed by atoms with E-state index in [1.165, 1.54) is 12.8 Å². The zero-order chi connectivity index (χ0) is 19.6. The van der Waals surface area contributed by atoms with E-state index in [2.05, 4.69) is 6.92 Å². The van der Waals surface area contributed by atoms with Gasteiger partial charge in [-0.05, 0) is 91.8 Å². The van der Waals surface area contributed by atoms with E-state index in [-0.39, 0.29) is 0 Å². The summed E-state index contributed by atoms with van der Waals surface area (Å²) in [5, 5.41) is 0. The van der Waals surface area contributed by atoms with Crippen LogP contribution in [0.2, 0.25) is 0 Å². The van der Waals surface area contributed by atoms with E-state index < -0.39 is 0 Å². The predicted octanol–water partition coefficient (Wildman–Crippen LogP) is 9.03. The van der Waals surface area contributed by atoms with Crippen molar-refractivity contribution in [2.24, 2.45) is 53.3 Å². The van der Waals surface area contributed by atoms with Gasteiger partial charge in [0.1, 0.15) is 0 Å². The molecule has 0 nitrogen and oxygen atoms in total. The molecule has 0 saturated heterocycles. The lowest BCUT2D eigenvalue weighted by molar-refractivity contribution is -0.0640. The van der Waals surface area contributed by atoms with Gasteiger partial charge in [-0.3, -0.25) is 0 Å². The maximum Gasteiger partial charge on any atom is -0.0326 e. The second-order valence-corrected chi connectivity index (χ2v) is 12.4. The van der Waals surface area contributed by atoms with Gasteiger partial charge in [0.25, 0.3) is 0 Å². The van der Waals surface area contributed by atoms with Crippen molar-refractivity contribution in [3.63, 3.8) is 0 Å². The summed E-state index contributed by atoms with van der Waals surface area (Å²) < 4.78 is 0. The van der Waals surface area contributed by atoms with Crippen LogP contribution in [0.25, 0.3) is 0 Å². The largest absolute Gasteiger partial charge is 0.0619 e. The summed E-state index contributed by atoms with van der Waals surface area (Å²) in [6, 6.07) is 0. The molecule has 7 atom stereocenters. The molecule has 5 aliphatic rings. The molecule has 5 fully saturated rings. The van der Waals surface area contributed by atoms with Crippen molar-refractivity contribution < 1.29 is 0 Å². The average molecular weight is 399 g/mol. The van der Waals surface area contributed by atoms with E-state index in [4.69, 9.17) is 0 Å². The van der Waals surface area contributed by atoms with Gasteiger partial charge in [-0.15, -0.1) is 0 Å². The molecule has 7 unspecified atom stereocenters. The standard InChI is InChI=1S/C29H50/c1-21-25-19-17-24-18-20-27(23-13-7-3-8-14-23)28(29(21)24)16-10-4-9-15-26(25)22-11-5-2-6-12-22/h21-29H,2-20H2,1H3. The van der Waals surface area contributed by atoms with Crippen molar-refractivity contribution in [2.45, 2.75) is 129 Å². The monoisotopic (exact) mass is 398 g/mol. The Morgan fingerprint density at radius 2 is 0.793 bits per heavy atom. The molecule has 166 valence electrons. The highest BCUT2D eigenvalue weighted by atomic mass is 14.5. The van der Waals surface area contributed by atoms with Crippen LogP contribution in [0.4, 0.5) is 0 Å². The van der Waals surface area contributed by atoms with Crippen LogP contribution in [0.5, 0.6) is 0 Å². The van der Waals surface area contributed by atoms with Crippen molar-refractivity contribution in [1.82, 2.24) is 0 Å². The zero-order valence-electron chi connectivity index (χ0n) is 19.6. The SMILES string of the molecule is CC1C2CCC3CCC(C4CCCCC4)C(CCCCCC2C2CCCCC2)C31. The summed E-state index contributed by atoms with van der Waals surface area (Å²) in [6.07, 6.45) is 29.8. The Bertz CT molecular complexity index is 496. The zero-order valence-corrected chi connectivity index (χ0v) is 19.6. The quantitative estimate of drug-likeness (QED) is 0.435. The van der Waals surface area contributed by atoms with E-state index in [0.29, 0.717) is 0 Å². The van der Waals surface area contributed by atoms with Crippen LogP contribution < -0.4 is 0 Å². The lowest BCUT2D eigenvalue weighted by Crippen LogP contribution is -2.48. The maximum absolute atomic E-state index is 2.77. The third kappa shape index (κ3) is 4.35. The van der Waals surface area contributed by atoms with Crippen LogP contribution in [-0.4, -0.2) is 0 Å². The Labute approximate surface area is 182 Å². The smallest absolute Gasteiger partial charge is 0.0326 e. The maximum atomic E-state index is 2.77. The van der Waals surface area contributed by atoms with E-state index >= 15 is 0 Å². The van der Waals surface area contributed by atoms with Gasteiger partial charge in [0.15, 0.2) is 0 Å². The third-order valence-corrected chi connectivity index (χ3v) is 11.2. The molecule has 29 heavy (non-hydrogen) atoms. The van der Waals surface area contributed by atoms with Gasteiger partial charge in [0.05, 0.1) is 0 Å². The molecule has 5 rings (SSSR count). The summed E-state index contributed by atoms with van der Waals surface area (Å²) in [4.78, 5) is 0. The van der Waals surface area contributed by atoms with Crippen molar-refractivity contribution in [1.29, 1.82) is 0 Å². The number of hydrogen-bond acceptors (Lipinski definition) is 0. The molecule has 2 bridgehead atoms. The van der Waals surface area contributed by atoms with Gasteiger partial charge in [-0.2, -0.15) is 0 Å². The summed E-state index contributed by atoms with van der Waals surface area (Å²) in [5.41, 5.74) is 0. The predicted molar refractivity (Wildman–Crippen MR) is 125 cm³/mol. The van der Waals surface area contributed by atoms with Crippen molar-refractivity contribution in [3.05, 3.63) is 0 Å².